The van der Waals surface area contributed by atoms with E-state index in [9.17, 15) is 14.8 Å². The van der Waals surface area contributed by atoms with Gasteiger partial charge in [0.1, 0.15) is 24.6 Å². The summed E-state index contributed by atoms with van der Waals surface area (Å²) in [5.74, 6) is 0.483. The van der Waals surface area contributed by atoms with Crippen molar-refractivity contribution in [1.82, 2.24) is 19.5 Å². The van der Waals surface area contributed by atoms with Crippen molar-refractivity contribution in [3.8, 4) is 0 Å². The van der Waals surface area contributed by atoms with Gasteiger partial charge in [0.05, 0.1) is 12.9 Å². The lowest BCUT2D eigenvalue weighted by molar-refractivity contribution is -0.0504. The molecule has 0 amide bonds. The number of nitrogens with one attached hydrogen (secondary N) is 1. The van der Waals surface area contributed by atoms with Gasteiger partial charge in [-0.25, -0.2) is 19.5 Å². The molecule has 1 saturated heterocycles. The smallest absolute Gasteiger partial charge is 0.387 e. The molecule has 13 heteroatoms. The third-order valence-electron chi connectivity index (χ3n) is 4.68. The molecule has 0 bridgehead atoms. The van der Waals surface area contributed by atoms with Crippen molar-refractivity contribution in [2.75, 3.05) is 11.9 Å². The highest BCUT2D eigenvalue weighted by molar-refractivity contribution is 7.46. The molecule has 4 atom stereocenters. The van der Waals surface area contributed by atoms with E-state index in [4.69, 9.17) is 14.5 Å². The maximum absolute atomic E-state index is 10.9. The van der Waals surface area contributed by atoms with Crippen LogP contribution in [0.5, 0.6) is 0 Å². The number of aromatic nitrogens is 4. The normalized spacial score (nSPS) is 23.1. The first-order valence-electron chi connectivity index (χ1n) is 10.0. The number of aliphatic hydroxyl groups excluding tert-OH is 2. The van der Waals surface area contributed by atoms with Crippen molar-refractivity contribution in [3.05, 3.63) is 48.5 Å². The van der Waals surface area contributed by atoms with Crippen LogP contribution in [0.3, 0.4) is 0 Å². The van der Waals surface area contributed by atoms with Crippen LogP contribution in [0.25, 0.3) is 11.2 Å². The van der Waals surface area contributed by atoms with Crippen LogP contribution in [0.1, 0.15) is 25.6 Å². The molecule has 4 rings (SSSR count). The first kappa shape index (κ1) is 24.2. The van der Waals surface area contributed by atoms with Crippen molar-refractivity contribution >= 4 is 24.8 Å². The summed E-state index contributed by atoms with van der Waals surface area (Å²) in [5, 5.41) is 23.7. The molecule has 3 aromatic rings. The Morgan fingerprint density at radius 1 is 1.12 bits per heavy atom. The third-order valence-corrected chi connectivity index (χ3v) is 5.17. The molecule has 0 saturated carbocycles. The molecule has 4 unspecified atom stereocenters. The number of phosphoric acid groups is 1. The second kappa shape index (κ2) is 10.5. The molecule has 1 aliphatic heterocycles. The molecule has 0 spiro atoms. The fourth-order valence-electron chi connectivity index (χ4n) is 3.22. The first-order chi connectivity index (χ1) is 15.3. The summed E-state index contributed by atoms with van der Waals surface area (Å²) >= 11 is 0. The topological polar surface area (TPSA) is 172 Å². The Balaban J connectivity index is 0.00000141. The van der Waals surface area contributed by atoms with Gasteiger partial charge in [0.25, 0.3) is 0 Å². The van der Waals surface area contributed by atoms with Gasteiger partial charge in [-0.3, -0.25) is 9.09 Å². The monoisotopic (exact) mass is 467 g/mol. The lowest BCUT2D eigenvalue weighted by Crippen LogP contribution is -2.33. The van der Waals surface area contributed by atoms with Crippen molar-refractivity contribution in [2.24, 2.45) is 0 Å². The summed E-state index contributed by atoms with van der Waals surface area (Å²) in [7, 11) is -4.74. The van der Waals surface area contributed by atoms with Crippen LogP contribution in [0, 0.1) is 0 Å². The number of benzene rings is 1. The number of anilines is 1. The Labute approximate surface area is 184 Å². The second-order valence-corrected chi connectivity index (χ2v) is 7.96. The summed E-state index contributed by atoms with van der Waals surface area (Å²) in [6.07, 6.45) is -2.31. The first-order valence-corrected chi connectivity index (χ1v) is 11.5. The van der Waals surface area contributed by atoms with E-state index in [1.165, 1.54) is 17.2 Å². The number of fused-ring (bicyclic) bond motifs is 1. The lowest BCUT2D eigenvalue weighted by atomic mass is 10.1. The average Bonchev–Trinajstić information content (AvgIpc) is 3.34. The fraction of sp³-hybridized carbons (Fsp3) is 0.421. The quantitative estimate of drug-likeness (QED) is 0.316. The number of rotatable bonds is 7. The fourth-order valence-corrected chi connectivity index (χ4v) is 3.56. The predicted octanol–water partition coefficient (Wildman–Crippen LogP) is 1.19. The van der Waals surface area contributed by atoms with Gasteiger partial charge >= 0.3 is 7.82 Å². The maximum Gasteiger partial charge on any atom is 0.469 e. The minimum absolute atomic E-state index is 0.355. The van der Waals surface area contributed by atoms with Crippen molar-refractivity contribution in [2.45, 2.75) is 44.9 Å². The molecule has 32 heavy (non-hydrogen) atoms. The minimum atomic E-state index is -4.74. The van der Waals surface area contributed by atoms with Crippen molar-refractivity contribution in [1.29, 1.82) is 0 Å². The molecule has 174 valence electrons. The standard InChI is InChI=1S/C17H20N5O7P.C2H6/c23-13-11(7-28-30(25,26)27)29-17(14(13)24)22-9-21-12-15(19-8-20-16(12)22)18-6-10-4-2-1-3-5-10;1-2/h1-5,8-9,11,13-14,17,23-24H,6-7H2,(H,18,19,20)(H2,25,26,27);1-2H3. The van der Waals surface area contributed by atoms with Crippen LogP contribution in [-0.2, 0) is 20.4 Å². The molecule has 12 nitrogen and oxygen atoms in total. The molecule has 3 heterocycles. The molecule has 1 aromatic carbocycles. The van der Waals surface area contributed by atoms with Gasteiger partial charge in [0, 0.05) is 6.54 Å². The number of ether oxygens (including phenoxy) is 1. The zero-order valence-corrected chi connectivity index (χ0v) is 18.4. The van der Waals surface area contributed by atoms with Crippen LogP contribution in [-0.4, -0.2) is 64.4 Å². The van der Waals surface area contributed by atoms with Gasteiger partial charge in [-0.15, -0.1) is 0 Å². The molecule has 1 fully saturated rings. The highest BCUT2D eigenvalue weighted by Gasteiger charge is 2.45. The molecule has 0 aliphatic carbocycles. The molecule has 0 radical (unpaired) electrons. The predicted molar refractivity (Wildman–Crippen MR) is 114 cm³/mol. The Kier molecular flexibility index (Phi) is 7.91. The van der Waals surface area contributed by atoms with Crippen LogP contribution in [0.4, 0.5) is 5.82 Å². The van der Waals surface area contributed by atoms with Crippen LogP contribution in [0.15, 0.2) is 43.0 Å². The number of hydrogen-bond donors (Lipinski definition) is 5. The van der Waals surface area contributed by atoms with Gasteiger partial charge < -0.3 is 30.1 Å². The van der Waals surface area contributed by atoms with E-state index < -0.39 is 39.0 Å². The Hall–Kier alpha value is -2.44. The molecule has 1 aliphatic rings. The molecule has 5 N–H and O–H groups in total. The maximum atomic E-state index is 10.9. The van der Waals surface area contributed by atoms with Crippen molar-refractivity contribution in [3.63, 3.8) is 0 Å². The van der Waals surface area contributed by atoms with Crippen LogP contribution >= 0.6 is 7.82 Å². The second-order valence-electron chi connectivity index (χ2n) is 6.72. The zero-order valence-electron chi connectivity index (χ0n) is 17.5. The molecular formula is C19H26N5O7P. The van der Waals surface area contributed by atoms with E-state index in [0.29, 0.717) is 23.5 Å². The highest BCUT2D eigenvalue weighted by atomic mass is 31.2. The zero-order chi connectivity index (χ0) is 23.3. The van der Waals surface area contributed by atoms with E-state index in [-0.39, 0.29) is 0 Å². The number of aliphatic hydroxyl groups is 2. The SMILES string of the molecule is CC.O=P(O)(O)OCC1OC(n2cnc3c(NCc4ccccc4)ncnc32)C(O)C1O. The highest BCUT2D eigenvalue weighted by Crippen LogP contribution is 2.38. The minimum Gasteiger partial charge on any atom is -0.387 e. The van der Waals surface area contributed by atoms with Gasteiger partial charge in [-0.1, -0.05) is 44.2 Å². The van der Waals surface area contributed by atoms with Gasteiger partial charge in [-0.2, -0.15) is 0 Å². The third kappa shape index (κ3) is 5.48. The van der Waals surface area contributed by atoms with Crippen LogP contribution < -0.4 is 5.32 Å². The summed E-state index contributed by atoms with van der Waals surface area (Å²) in [4.78, 5) is 30.4. The Morgan fingerprint density at radius 2 is 1.84 bits per heavy atom. The van der Waals surface area contributed by atoms with E-state index in [0.717, 1.165) is 5.56 Å². The van der Waals surface area contributed by atoms with E-state index in [2.05, 4.69) is 24.8 Å². The van der Waals surface area contributed by atoms with Gasteiger partial charge in [0.15, 0.2) is 23.2 Å². The average molecular weight is 467 g/mol. The summed E-state index contributed by atoms with van der Waals surface area (Å²) < 4.78 is 22.3. The van der Waals surface area contributed by atoms with Gasteiger partial charge in [-0.05, 0) is 5.56 Å². The summed E-state index contributed by atoms with van der Waals surface area (Å²) in [5.41, 5.74) is 1.84. The van der Waals surface area contributed by atoms with Crippen LogP contribution in [0.2, 0.25) is 0 Å². The van der Waals surface area contributed by atoms with E-state index in [1.54, 1.807) is 0 Å². The summed E-state index contributed by atoms with van der Waals surface area (Å²) in [6, 6.07) is 9.71. The largest absolute Gasteiger partial charge is 0.469 e. The number of nitrogens with zero attached hydrogens (tertiary/aromatic N) is 4. The molecular weight excluding hydrogens is 441 g/mol. The molecule has 2 aromatic heterocycles. The number of hydrogen-bond acceptors (Lipinski definition) is 9. The summed E-state index contributed by atoms with van der Waals surface area (Å²) in [6.45, 7) is 3.92. The number of phosphoric ester groups is 1. The van der Waals surface area contributed by atoms with E-state index in [1.807, 2.05) is 44.2 Å². The lowest BCUT2D eigenvalue weighted by Gasteiger charge is -2.16. The number of imidazole rings is 1. The Bertz CT molecular complexity index is 1060. The Morgan fingerprint density at radius 3 is 2.53 bits per heavy atom. The van der Waals surface area contributed by atoms with E-state index >= 15 is 0 Å². The van der Waals surface area contributed by atoms with Gasteiger partial charge in [0.2, 0.25) is 0 Å². The van der Waals surface area contributed by atoms with Crippen molar-refractivity contribution < 1.29 is 33.8 Å².